The van der Waals surface area contributed by atoms with Crippen molar-refractivity contribution >= 4 is 51.2 Å². The number of cyclic esters (lactones) is 1. The normalized spacial score (nSPS) is 14.6. The Kier molecular flexibility index (Phi) is 6.97. The zero-order chi connectivity index (χ0) is 22.7. The van der Waals surface area contributed by atoms with Crippen molar-refractivity contribution in [2.75, 3.05) is 6.61 Å². The van der Waals surface area contributed by atoms with Crippen LogP contribution in [0.5, 0.6) is 11.5 Å². The maximum Gasteiger partial charge on any atom is 0.363 e. The summed E-state index contributed by atoms with van der Waals surface area (Å²) in [7, 11) is 0. The van der Waals surface area contributed by atoms with E-state index < -0.39 is 10.9 Å². The summed E-state index contributed by atoms with van der Waals surface area (Å²) in [5, 5.41) is 11.2. The number of carbonyl (C=O) groups is 1. The molecule has 1 heterocycles. The number of benzene rings is 2. The van der Waals surface area contributed by atoms with Crippen molar-refractivity contribution in [1.82, 2.24) is 0 Å². The number of aliphatic imine (C=N–C) groups is 1. The van der Waals surface area contributed by atoms with Crippen LogP contribution in [0.25, 0.3) is 6.08 Å². The van der Waals surface area contributed by atoms with Crippen LogP contribution in [0, 0.1) is 10.1 Å². The molecule has 0 spiro atoms. The van der Waals surface area contributed by atoms with Crippen molar-refractivity contribution in [2.24, 2.45) is 4.99 Å². The van der Waals surface area contributed by atoms with Gasteiger partial charge in [0.2, 0.25) is 5.90 Å². The van der Waals surface area contributed by atoms with Crippen LogP contribution in [-0.2, 0) is 9.53 Å². The van der Waals surface area contributed by atoms with Crippen molar-refractivity contribution in [3.05, 3.63) is 66.8 Å². The molecular formula is C21H18BrClN2O6. The second-order valence-electron chi connectivity index (χ2n) is 6.69. The number of nitro benzene ring substituents is 1. The molecule has 0 saturated carbocycles. The van der Waals surface area contributed by atoms with Gasteiger partial charge in [0.05, 0.1) is 32.7 Å². The molecule has 2 aromatic carbocycles. The number of rotatable bonds is 7. The Morgan fingerprint density at radius 1 is 1.32 bits per heavy atom. The Balaban J connectivity index is 2.01. The molecule has 0 atom stereocenters. The van der Waals surface area contributed by atoms with E-state index in [0.29, 0.717) is 28.1 Å². The number of non-ortho nitro benzene ring substituents is 1. The highest BCUT2D eigenvalue weighted by atomic mass is 79.9. The van der Waals surface area contributed by atoms with Gasteiger partial charge in [-0.15, -0.1) is 0 Å². The van der Waals surface area contributed by atoms with Gasteiger partial charge in [0.15, 0.2) is 17.2 Å². The highest BCUT2D eigenvalue weighted by Crippen LogP contribution is 2.38. The molecule has 0 N–H and O–H groups in total. The standard InChI is InChI=1S/C21H18BrClN2O6/c1-4-29-18-9-12(7-15(22)19(18)30-11(2)3)8-17-21(26)31-20(24-17)14-10-13(25(27)28)5-6-16(14)23/h5-11H,4H2,1-3H3/b17-8-. The van der Waals surface area contributed by atoms with Crippen molar-refractivity contribution in [3.8, 4) is 11.5 Å². The minimum Gasteiger partial charge on any atom is -0.490 e. The van der Waals surface area contributed by atoms with E-state index in [2.05, 4.69) is 20.9 Å². The SMILES string of the molecule is CCOc1cc(/C=C2\N=C(c3cc([N+](=O)[O-])ccc3Cl)OC2=O)cc(Br)c1OC(C)C. The minimum absolute atomic E-state index is 0.0180. The van der Waals surface area contributed by atoms with Gasteiger partial charge in [0.1, 0.15) is 0 Å². The van der Waals surface area contributed by atoms with Crippen molar-refractivity contribution in [2.45, 2.75) is 26.9 Å². The van der Waals surface area contributed by atoms with Crippen LogP contribution >= 0.6 is 27.5 Å². The van der Waals surface area contributed by atoms with Crippen LogP contribution in [0.3, 0.4) is 0 Å². The zero-order valence-corrected chi connectivity index (χ0v) is 19.2. The third-order valence-electron chi connectivity index (χ3n) is 4.00. The van der Waals surface area contributed by atoms with E-state index >= 15 is 0 Å². The molecule has 0 amide bonds. The van der Waals surface area contributed by atoms with E-state index in [0.717, 1.165) is 0 Å². The van der Waals surface area contributed by atoms with Crippen LogP contribution in [-0.4, -0.2) is 29.5 Å². The van der Waals surface area contributed by atoms with Gasteiger partial charge in [0.25, 0.3) is 5.69 Å². The molecule has 0 radical (unpaired) electrons. The third-order valence-corrected chi connectivity index (χ3v) is 4.92. The first-order valence-electron chi connectivity index (χ1n) is 9.29. The summed E-state index contributed by atoms with van der Waals surface area (Å²) in [6.45, 7) is 6.09. The fourth-order valence-electron chi connectivity index (χ4n) is 2.76. The second kappa shape index (κ2) is 9.49. The summed E-state index contributed by atoms with van der Waals surface area (Å²) in [5.74, 6) is 0.262. The predicted molar refractivity (Wildman–Crippen MR) is 120 cm³/mol. The number of esters is 1. The van der Waals surface area contributed by atoms with Crippen molar-refractivity contribution in [1.29, 1.82) is 0 Å². The fraction of sp³-hybridized carbons (Fsp3) is 0.238. The van der Waals surface area contributed by atoms with E-state index in [1.54, 1.807) is 12.1 Å². The van der Waals surface area contributed by atoms with Crippen LogP contribution in [0.2, 0.25) is 5.02 Å². The number of ether oxygens (including phenoxy) is 3. The van der Waals surface area contributed by atoms with E-state index in [9.17, 15) is 14.9 Å². The lowest BCUT2D eigenvalue weighted by Crippen LogP contribution is -2.08. The maximum atomic E-state index is 12.4. The quantitative estimate of drug-likeness (QED) is 0.210. The number of halogens is 2. The first-order chi connectivity index (χ1) is 14.7. The molecule has 0 bridgehead atoms. The molecule has 1 aliphatic rings. The zero-order valence-electron chi connectivity index (χ0n) is 16.8. The number of hydrogen-bond acceptors (Lipinski definition) is 7. The highest BCUT2D eigenvalue weighted by molar-refractivity contribution is 9.10. The van der Waals surface area contributed by atoms with Gasteiger partial charge in [-0.1, -0.05) is 11.6 Å². The molecule has 0 aromatic heterocycles. The summed E-state index contributed by atoms with van der Waals surface area (Å²) < 4.78 is 17.3. The molecule has 162 valence electrons. The third kappa shape index (κ3) is 5.23. The van der Waals surface area contributed by atoms with Crippen molar-refractivity contribution in [3.63, 3.8) is 0 Å². The molecule has 0 aliphatic carbocycles. The Hall–Kier alpha value is -2.91. The Morgan fingerprint density at radius 2 is 2.06 bits per heavy atom. The lowest BCUT2D eigenvalue weighted by atomic mass is 10.1. The number of nitro groups is 1. The largest absolute Gasteiger partial charge is 0.490 e. The lowest BCUT2D eigenvalue weighted by Gasteiger charge is -2.16. The second-order valence-corrected chi connectivity index (χ2v) is 7.95. The molecule has 10 heteroatoms. The summed E-state index contributed by atoms with van der Waals surface area (Å²) in [4.78, 5) is 27.0. The smallest absolute Gasteiger partial charge is 0.363 e. The van der Waals surface area contributed by atoms with Gasteiger partial charge in [0, 0.05) is 12.1 Å². The Bertz CT molecular complexity index is 1110. The molecule has 8 nitrogen and oxygen atoms in total. The van der Waals surface area contributed by atoms with Gasteiger partial charge >= 0.3 is 5.97 Å². The molecule has 0 fully saturated rings. The average Bonchev–Trinajstić information content (AvgIpc) is 3.05. The van der Waals surface area contributed by atoms with E-state index in [1.807, 2.05) is 20.8 Å². The van der Waals surface area contributed by atoms with Crippen LogP contribution in [0.15, 0.2) is 45.5 Å². The molecule has 1 aliphatic heterocycles. The topological polar surface area (TPSA) is 100 Å². The first kappa shape index (κ1) is 22.8. The van der Waals surface area contributed by atoms with Crippen LogP contribution < -0.4 is 9.47 Å². The van der Waals surface area contributed by atoms with Gasteiger partial charge in [-0.05, 0) is 66.5 Å². The molecule has 0 unspecified atom stereocenters. The van der Waals surface area contributed by atoms with Gasteiger partial charge in [-0.2, -0.15) is 0 Å². The van der Waals surface area contributed by atoms with Gasteiger partial charge in [-0.3, -0.25) is 10.1 Å². The Labute approximate surface area is 191 Å². The molecule has 0 saturated heterocycles. The van der Waals surface area contributed by atoms with E-state index in [1.165, 1.54) is 24.3 Å². The van der Waals surface area contributed by atoms with E-state index in [4.69, 9.17) is 25.8 Å². The van der Waals surface area contributed by atoms with Crippen LogP contribution in [0.1, 0.15) is 31.9 Å². The fourth-order valence-corrected chi connectivity index (χ4v) is 3.51. The molecule has 31 heavy (non-hydrogen) atoms. The summed E-state index contributed by atoms with van der Waals surface area (Å²) in [6, 6.07) is 7.30. The van der Waals surface area contributed by atoms with Crippen LogP contribution in [0.4, 0.5) is 5.69 Å². The van der Waals surface area contributed by atoms with Gasteiger partial charge < -0.3 is 14.2 Å². The number of carbonyl (C=O) groups excluding carboxylic acids is 1. The summed E-state index contributed by atoms with van der Waals surface area (Å²) >= 11 is 9.59. The summed E-state index contributed by atoms with van der Waals surface area (Å²) in [5.41, 5.74) is 0.601. The lowest BCUT2D eigenvalue weighted by molar-refractivity contribution is -0.384. The minimum atomic E-state index is -0.700. The molecule has 3 rings (SSSR count). The predicted octanol–water partition coefficient (Wildman–Crippen LogP) is 5.54. The molecular weight excluding hydrogens is 492 g/mol. The van der Waals surface area contributed by atoms with E-state index in [-0.39, 0.29) is 34.0 Å². The highest BCUT2D eigenvalue weighted by Gasteiger charge is 2.27. The first-order valence-corrected chi connectivity index (χ1v) is 10.5. The molecule has 2 aromatic rings. The maximum absolute atomic E-state index is 12.4. The average molecular weight is 510 g/mol. The van der Waals surface area contributed by atoms with Gasteiger partial charge in [-0.25, -0.2) is 9.79 Å². The monoisotopic (exact) mass is 508 g/mol. The number of hydrogen-bond donors (Lipinski definition) is 0. The van der Waals surface area contributed by atoms with Crippen molar-refractivity contribution < 1.29 is 23.9 Å². The summed E-state index contributed by atoms with van der Waals surface area (Å²) in [6.07, 6.45) is 1.46. The Morgan fingerprint density at radius 3 is 2.71 bits per heavy atom. The number of nitrogens with zero attached hydrogens (tertiary/aromatic N) is 2.